The van der Waals surface area contributed by atoms with Crippen molar-refractivity contribution in [2.75, 3.05) is 26.2 Å². The van der Waals surface area contributed by atoms with E-state index < -0.39 is 0 Å². The van der Waals surface area contributed by atoms with Gasteiger partial charge >= 0.3 is 0 Å². The van der Waals surface area contributed by atoms with Crippen molar-refractivity contribution in [1.29, 1.82) is 0 Å². The van der Waals surface area contributed by atoms with E-state index >= 15 is 0 Å². The van der Waals surface area contributed by atoms with E-state index in [1.165, 1.54) is 25.2 Å². The highest BCUT2D eigenvalue weighted by Crippen LogP contribution is 2.24. The molecule has 0 bridgehead atoms. The molecule has 100 valence electrons. The van der Waals surface area contributed by atoms with Gasteiger partial charge in [0.1, 0.15) is 0 Å². The van der Waals surface area contributed by atoms with Crippen molar-refractivity contribution in [3.8, 4) is 0 Å². The van der Waals surface area contributed by atoms with E-state index in [2.05, 4.69) is 66.2 Å². The summed E-state index contributed by atoms with van der Waals surface area (Å²) in [4.78, 5) is 2.59. The highest BCUT2D eigenvalue weighted by atomic mass is 32.2. The minimum atomic E-state index is 0.780. The molecule has 2 unspecified atom stereocenters. The van der Waals surface area contributed by atoms with Crippen molar-refractivity contribution >= 4 is 11.8 Å². The Bertz CT molecular complexity index is 332. The summed E-state index contributed by atoms with van der Waals surface area (Å²) in [5.41, 5.74) is 1.37. The van der Waals surface area contributed by atoms with Crippen LogP contribution >= 0.6 is 11.8 Å². The smallest absolute Gasteiger partial charge is 0.0206 e. The van der Waals surface area contributed by atoms with E-state index in [-0.39, 0.29) is 0 Å². The molecule has 3 heteroatoms. The van der Waals surface area contributed by atoms with Crippen LogP contribution in [0.1, 0.15) is 19.4 Å². The Kier molecular flexibility index (Phi) is 5.54. The van der Waals surface area contributed by atoms with Gasteiger partial charge in [0.25, 0.3) is 0 Å². The third-order valence-electron chi connectivity index (χ3n) is 3.27. The Hall–Kier alpha value is -0.510. The maximum absolute atomic E-state index is 3.53. The van der Waals surface area contributed by atoms with Crippen molar-refractivity contribution in [2.24, 2.45) is 0 Å². The number of hydrogen-bond donors (Lipinski definition) is 1. The Labute approximate surface area is 115 Å². The van der Waals surface area contributed by atoms with Gasteiger partial charge in [0.05, 0.1) is 0 Å². The summed E-state index contributed by atoms with van der Waals surface area (Å²) in [5.74, 6) is 0. The van der Waals surface area contributed by atoms with Crippen LogP contribution in [0.25, 0.3) is 0 Å². The summed E-state index contributed by atoms with van der Waals surface area (Å²) in [6.07, 6.45) is 0. The molecule has 18 heavy (non-hydrogen) atoms. The summed E-state index contributed by atoms with van der Waals surface area (Å²) >= 11 is 2.12. The molecule has 0 aliphatic carbocycles. The molecule has 0 aromatic heterocycles. The SMILES string of the molecule is CC1CN(CCNCc2ccccc2)CC(C)S1. The minimum Gasteiger partial charge on any atom is -0.311 e. The number of hydrogen-bond acceptors (Lipinski definition) is 3. The predicted molar refractivity (Wildman–Crippen MR) is 81.1 cm³/mol. The van der Waals surface area contributed by atoms with Crippen LogP contribution in [0.4, 0.5) is 0 Å². The largest absolute Gasteiger partial charge is 0.311 e. The third kappa shape index (κ3) is 4.63. The standard InChI is InChI=1S/C15H24N2S/c1-13-11-17(12-14(2)18-13)9-8-16-10-15-6-4-3-5-7-15/h3-7,13-14,16H,8-12H2,1-2H3. The molecule has 0 saturated carbocycles. The Balaban J connectivity index is 1.63. The second-order valence-corrected chi connectivity index (χ2v) is 7.06. The van der Waals surface area contributed by atoms with Crippen molar-refractivity contribution in [3.63, 3.8) is 0 Å². The van der Waals surface area contributed by atoms with Crippen LogP contribution in [0.15, 0.2) is 30.3 Å². The fraction of sp³-hybridized carbons (Fsp3) is 0.600. The molecule has 1 aromatic carbocycles. The zero-order valence-electron chi connectivity index (χ0n) is 11.4. The maximum Gasteiger partial charge on any atom is 0.0206 e. The van der Waals surface area contributed by atoms with E-state index in [0.717, 1.165) is 23.6 Å². The van der Waals surface area contributed by atoms with E-state index in [1.807, 2.05) is 0 Å². The van der Waals surface area contributed by atoms with Gasteiger partial charge in [0.2, 0.25) is 0 Å². The van der Waals surface area contributed by atoms with Crippen LogP contribution in [-0.2, 0) is 6.54 Å². The average Bonchev–Trinajstić information content (AvgIpc) is 2.35. The van der Waals surface area contributed by atoms with Crippen molar-refractivity contribution in [2.45, 2.75) is 30.9 Å². The van der Waals surface area contributed by atoms with Gasteiger partial charge in [-0.25, -0.2) is 0 Å². The number of nitrogens with one attached hydrogen (secondary N) is 1. The molecule has 1 fully saturated rings. The molecule has 0 amide bonds. The third-order valence-corrected chi connectivity index (χ3v) is 4.50. The van der Waals surface area contributed by atoms with Crippen LogP contribution in [0.5, 0.6) is 0 Å². The molecule has 2 atom stereocenters. The molecular formula is C15H24N2S. The molecule has 1 aliphatic heterocycles. The van der Waals surface area contributed by atoms with Gasteiger partial charge < -0.3 is 5.32 Å². The van der Waals surface area contributed by atoms with E-state index in [9.17, 15) is 0 Å². The lowest BCUT2D eigenvalue weighted by Crippen LogP contribution is -2.43. The van der Waals surface area contributed by atoms with Crippen molar-refractivity contribution < 1.29 is 0 Å². The minimum absolute atomic E-state index is 0.780. The lowest BCUT2D eigenvalue weighted by Gasteiger charge is -2.34. The normalized spacial score (nSPS) is 25.2. The van der Waals surface area contributed by atoms with E-state index in [4.69, 9.17) is 0 Å². The lowest BCUT2D eigenvalue weighted by molar-refractivity contribution is 0.270. The lowest BCUT2D eigenvalue weighted by atomic mass is 10.2. The molecule has 1 N–H and O–H groups in total. The van der Waals surface area contributed by atoms with Gasteiger partial charge in [-0.15, -0.1) is 0 Å². The molecule has 2 rings (SSSR count). The molecule has 1 heterocycles. The Morgan fingerprint density at radius 3 is 2.50 bits per heavy atom. The van der Waals surface area contributed by atoms with Crippen LogP contribution in [-0.4, -0.2) is 41.6 Å². The Morgan fingerprint density at radius 2 is 1.83 bits per heavy atom. The summed E-state index contributed by atoms with van der Waals surface area (Å²) < 4.78 is 0. The molecule has 1 aliphatic rings. The van der Waals surface area contributed by atoms with Crippen LogP contribution in [0, 0.1) is 0 Å². The monoisotopic (exact) mass is 264 g/mol. The number of rotatable bonds is 5. The molecule has 1 aromatic rings. The second kappa shape index (κ2) is 7.17. The molecular weight excluding hydrogens is 240 g/mol. The summed E-state index contributed by atoms with van der Waals surface area (Å²) in [6, 6.07) is 10.6. The fourth-order valence-electron chi connectivity index (χ4n) is 2.53. The number of benzene rings is 1. The molecule has 2 nitrogen and oxygen atoms in total. The molecule has 1 saturated heterocycles. The summed E-state index contributed by atoms with van der Waals surface area (Å²) in [7, 11) is 0. The summed E-state index contributed by atoms with van der Waals surface area (Å²) in [6.45, 7) is 10.4. The van der Waals surface area contributed by atoms with Crippen LogP contribution in [0.3, 0.4) is 0 Å². The van der Waals surface area contributed by atoms with Gasteiger partial charge in [-0.05, 0) is 5.56 Å². The fourth-order valence-corrected chi connectivity index (χ4v) is 3.92. The number of nitrogens with zero attached hydrogens (tertiary/aromatic N) is 1. The topological polar surface area (TPSA) is 15.3 Å². The van der Waals surface area contributed by atoms with Crippen LogP contribution < -0.4 is 5.32 Å². The average molecular weight is 264 g/mol. The van der Waals surface area contributed by atoms with Crippen LogP contribution in [0.2, 0.25) is 0 Å². The number of thioether (sulfide) groups is 1. The van der Waals surface area contributed by atoms with Gasteiger partial charge in [-0.1, -0.05) is 44.2 Å². The van der Waals surface area contributed by atoms with Gasteiger partial charge in [0.15, 0.2) is 0 Å². The first-order chi connectivity index (χ1) is 8.74. The zero-order valence-corrected chi connectivity index (χ0v) is 12.2. The summed E-state index contributed by atoms with van der Waals surface area (Å²) in [5, 5.41) is 5.09. The maximum atomic E-state index is 3.53. The van der Waals surface area contributed by atoms with Gasteiger partial charge in [-0.3, -0.25) is 4.90 Å². The first kappa shape index (κ1) is 13.9. The predicted octanol–water partition coefficient (Wildman–Crippen LogP) is 2.60. The van der Waals surface area contributed by atoms with Gasteiger partial charge in [0, 0.05) is 43.2 Å². The first-order valence-electron chi connectivity index (χ1n) is 6.86. The quantitative estimate of drug-likeness (QED) is 0.823. The van der Waals surface area contributed by atoms with Crippen molar-refractivity contribution in [1.82, 2.24) is 10.2 Å². The highest BCUT2D eigenvalue weighted by molar-refractivity contribution is 8.00. The Morgan fingerprint density at radius 1 is 1.17 bits per heavy atom. The van der Waals surface area contributed by atoms with Gasteiger partial charge in [-0.2, -0.15) is 11.8 Å². The second-order valence-electron chi connectivity index (χ2n) is 5.18. The van der Waals surface area contributed by atoms with E-state index in [1.54, 1.807) is 0 Å². The molecule has 0 spiro atoms. The zero-order chi connectivity index (χ0) is 12.8. The van der Waals surface area contributed by atoms with E-state index in [0.29, 0.717) is 0 Å². The first-order valence-corrected chi connectivity index (χ1v) is 7.81. The molecule has 0 radical (unpaired) electrons. The van der Waals surface area contributed by atoms with Crippen molar-refractivity contribution in [3.05, 3.63) is 35.9 Å². The highest BCUT2D eigenvalue weighted by Gasteiger charge is 2.21.